The van der Waals surface area contributed by atoms with Gasteiger partial charge in [-0.15, -0.1) is 0 Å². The van der Waals surface area contributed by atoms with Crippen molar-refractivity contribution < 1.29 is 0 Å². The van der Waals surface area contributed by atoms with E-state index in [4.69, 9.17) is 5.73 Å². The summed E-state index contributed by atoms with van der Waals surface area (Å²) in [6, 6.07) is 0. The van der Waals surface area contributed by atoms with Gasteiger partial charge in [0, 0.05) is 7.05 Å². The van der Waals surface area contributed by atoms with Crippen LogP contribution in [0.5, 0.6) is 0 Å². The van der Waals surface area contributed by atoms with Crippen molar-refractivity contribution >= 4 is 0 Å². The maximum atomic E-state index is 6.36. The van der Waals surface area contributed by atoms with Crippen molar-refractivity contribution in [1.29, 1.82) is 0 Å². The molecule has 14 heavy (non-hydrogen) atoms. The second-order valence-corrected chi connectivity index (χ2v) is 4.55. The third-order valence-electron chi connectivity index (χ3n) is 3.32. The first kappa shape index (κ1) is 9.65. The molecule has 0 aromatic carbocycles. The number of hydrogen-bond acceptors (Lipinski definition) is 3. The number of hydrogen-bond donors (Lipinski definition) is 1. The van der Waals surface area contributed by atoms with Crippen LogP contribution in [-0.4, -0.2) is 14.8 Å². The predicted molar refractivity (Wildman–Crippen MR) is 54.5 cm³/mol. The van der Waals surface area contributed by atoms with Gasteiger partial charge in [0.15, 0.2) is 0 Å². The summed E-state index contributed by atoms with van der Waals surface area (Å²) in [4.78, 5) is 4.26. The monoisotopic (exact) mass is 194 g/mol. The Kier molecular flexibility index (Phi) is 2.31. The molecule has 1 aromatic heterocycles. The van der Waals surface area contributed by atoms with Gasteiger partial charge in [-0.2, -0.15) is 5.10 Å². The molecule has 1 aliphatic rings. The molecule has 1 fully saturated rings. The maximum absolute atomic E-state index is 6.36. The van der Waals surface area contributed by atoms with E-state index in [9.17, 15) is 0 Å². The zero-order valence-electron chi connectivity index (χ0n) is 8.90. The number of nitrogens with two attached hydrogens (primary N) is 1. The average Bonchev–Trinajstić information content (AvgIpc) is 2.58. The van der Waals surface area contributed by atoms with Crippen LogP contribution in [0.3, 0.4) is 0 Å². The second kappa shape index (κ2) is 3.35. The molecule has 1 aromatic rings. The van der Waals surface area contributed by atoms with E-state index in [1.54, 1.807) is 11.0 Å². The number of nitrogens with zero attached hydrogens (tertiary/aromatic N) is 3. The third kappa shape index (κ3) is 1.54. The molecule has 78 valence electrons. The van der Waals surface area contributed by atoms with Crippen LogP contribution in [-0.2, 0) is 12.6 Å². The van der Waals surface area contributed by atoms with Gasteiger partial charge in [0.2, 0.25) is 0 Å². The molecule has 2 N–H and O–H groups in total. The highest BCUT2D eigenvalue weighted by Crippen LogP contribution is 2.35. The smallest absolute Gasteiger partial charge is 0.146 e. The van der Waals surface area contributed by atoms with Crippen molar-refractivity contribution in [2.24, 2.45) is 18.7 Å². The van der Waals surface area contributed by atoms with Gasteiger partial charge in [0.1, 0.15) is 12.2 Å². The van der Waals surface area contributed by atoms with Crippen molar-refractivity contribution in [3.63, 3.8) is 0 Å². The first-order valence-electron chi connectivity index (χ1n) is 5.25. The fourth-order valence-electron chi connectivity index (χ4n) is 2.25. The zero-order chi connectivity index (χ0) is 10.2. The molecule has 0 amide bonds. The van der Waals surface area contributed by atoms with Crippen LogP contribution in [0.15, 0.2) is 6.33 Å². The molecule has 0 aliphatic heterocycles. The first-order valence-corrected chi connectivity index (χ1v) is 5.25. The van der Waals surface area contributed by atoms with Crippen molar-refractivity contribution in [1.82, 2.24) is 14.8 Å². The van der Waals surface area contributed by atoms with Crippen LogP contribution in [0, 0.1) is 5.92 Å². The first-order chi connectivity index (χ1) is 6.62. The van der Waals surface area contributed by atoms with Gasteiger partial charge in [-0.05, 0) is 31.6 Å². The number of aromatic nitrogens is 3. The van der Waals surface area contributed by atoms with E-state index in [1.165, 1.54) is 12.8 Å². The molecule has 1 heterocycles. The Hall–Kier alpha value is -0.900. The standard InChI is InChI=1S/C10H18N4/c1-8-3-5-10(11,6-4-8)9-12-7-13-14(9)2/h7-8H,3-6,11H2,1-2H3. The Morgan fingerprint density at radius 3 is 2.64 bits per heavy atom. The van der Waals surface area contributed by atoms with Crippen LogP contribution in [0.25, 0.3) is 0 Å². The van der Waals surface area contributed by atoms with Crippen LogP contribution in [0.4, 0.5) is 0 Å². The molecule has 2 rings (SSSR count). The van der Waals surface area contributed by atoms with E-state index in [0.29, 0.717) is 0 Å². The van der Waals surface area contributed by atoms with Gasteiger partial charge >= 0.3 is 0 Å². The van der Waals surface area contributed by atoms with Crippen LogP contribution >= 0.6 is 0 Å². The maximum Gasteiger partial charge on any atom is 0.146 e. The van der Waals surface area contributed by atoms with Crippen molar-refractivity contribution in [3.05, 3.63) is 12.2 Å². The fourth-order valence-corrected chi connectivity index (χ4v) is 2.25. The summed E-state index contributed by atoms with van der Waals surface area (Å²) in [6.07, 6.45) is 6.04. The van der Waals surface area contributed by atoms with Gasteiger partial charge in [0.05, 0.1) is 5.54 Å². The Morgan fingerprint density at radius 2 is 2.14 bits per heavy atom. The molecular weight excluding hydrogens is 176 g/mol. The normalized spacial score (nSPS) is 33.2. The highest BCUT2D eigenvalue weighted by atomic mass is 15.3. The summed E-state index contributed by atoms with van der Waals surface area (Å²) in [5, 5.41) is 4.08. The largest absolute Gasteiger partial charge is 0.319 e. The molecule has 0 bridgehead atoms. The summed E-state index contributed by atoms with van der Waals surface area (Å²) in [7, 11) is 1.91. The molecule has 1 saturated carbocycles. The lowest BCUT2D eigenvalue weighted by Crippen LogP contribution is -2.42. The molecular formula is C10H18N4. The van der Waals surface area contributed by atoms with Gasteiger partial charge < -0.3 is 5.73 Å². The van der Waals surface area contributed by atoms with Gasteiger partial charge in [-0.25, -0.2) is 4.98 Å². The Labute approximate surface area is 84.5 Å². The van der Waals surface area contributed by atoms with Crippen molar-refractivity contribution in [2.75, 3.05) is 0 Å². The second-order valence-electron chi connectivity index (χ2n) is 4.55. The lowest BCUT2D eigenvalue weighted by molar-refractivity contribution is 0.231. The van der Waals surface area contributed by atoms with Gasteiger partial charge in [-0.3, -0.25) is 4.68 Å². The summed E-state index contributed by atoms with van der Waals surface area (Å²) in [5.74, 6) is 1.74. The summed E-state index contributed by atoms with van der Waals surface area (Å²) in [6.45, 7) is 2.29. The fraction of sp³-hybridized carbons (Fsp3) is 0.800. The Balaban J connectivity index is 2.21. The molecule has 0 spiro atoms. The van der Waals surface area contributed by atoms with Crippen LogP contribution < -0.4 is 5.73 Å². The molecule has 0 saturated heterocycles. The molecule has 0 radical (unpaired) electrons. The van der Waals surface area contributed by atoms with E-state index < -0.39 is 0 Å². The van der Waals surface area contributed by atoms with Crippen LogP contribution in [0.2, 0.25) is 0 Å². The van der Waals surface area contributed by atoms with Crippen molar-refractivity contribution in [3.8, 4) is 0 Å². The average molecular weight is 194 g/mol. The molecule has 1 aliphatic carbocycles. The predicted octanol–water partition coefficient (Wildman–Crippen LogP) is 1.18. The van der Waals surface area contributed by atoms with Gasteiger partial charge in [-0.1, -0.05) is 6.92 Å². The third-order valence-corrected chi connectivity index (χ3v) is 3.32. The minimum Gasteiger partial charge on any atom is -0.319 e. The number of rotatable bonds is 1. The highest BCUT2D eigenvalue weighted by molar-refractivity contribution is 5.06. The Bertz CT molecular complexity index is 310. The highest BCUT2D eigenvalue weighted by Gasteiger charge is 2.35. The summed E-state index contributed by atoms with van der Waals surface area (Å²) >= 11 is 0. The molecule has 0 atom stereocenters. The molecule has 0 unspecified atom stereocenters. The zero-order valence-corrected chi connectivity index (χ0v) is 8.90. The van der Waals surface area contributed by atoms with E-state index in [0.717, 1.165) is 24.6 Å². The minimum absolute atomic E-state index is 0.238. The SMILES string of the molecule is CC1CCC(N)(c2ncnn2C)CC1. The van der Waals surface area contributed by atoms with E-state index in [2.05, 4.69) is 17.0 Å². The van der Waals surface area contributed by atoms with E-state index in [1.807, 2.05) is 7.05 Å². The number of aryl methyl sites for hydroxylation is 1. The molecule has 4 heteroatoms. The molecule has 4 nitrogen and oxygen atoms in total. The lowest BCUT2D eigenvalue weighted by atomic mass is 9.77. The van der Waals surface area contributed by atoms with Crippen molar-refractivity contribution in [2.45, 2.75) is 38.1 Å². The van der Waals surface area contributed by atoms with E-state index >= 15 is 0 Å². The van der Waals surface area contributed by atoms with Gasteiger partial charge in [0.25, 0.3) is 0 Å². The van der Waals surface area contributed by atoms with E-state index in [-0.39, 0.29) is 5.54 Å². The summed E-state index contributed by atoms with van der Waals surface area (Å²) < 4.78 is 1.80. The quantitative estimate of drug-likeness (QED) is 0.730. The van der Waals surface area contributed by atoms with Crippen LogP contribution in [0.1, 0.15) is 38.4 Å². The lowest BCUT2D eigenvalue weighted by Gasteiger charge is -2.34. The minimum atomic E-state index is -0.238. The summed E-state index contributed by atoms with van der Waals surface area (Å²) in [5.41, 5.74) is 6.13. The topological polar surface area (TPSA) is 56.7 Å². The Morgan fingerprint density at radius 1 is 1.50 bits per heavy atom.